The molecule has 0 aliphatic carbocycles. The number of nitrogens with zero attached hydrogens (tertiary/aromatic N) is 1. The van der Waals surface area contributed by atoms with E-state index in [0.29, 0.717) is 23.5 Å². The van der Waals surface area contributed by atoms with Crippen LogP contribution in [0, 0.1) is 12.7 Å². The standard InChI is InChI=1S/C19H19FN2O3/c1-12-7-8-16(20)18-15(12)6-3-9-22(18)17(23)11-25-14-5-2-4-13(10-14)19(21)24/h2,4-5,7-8,10H,3,6,9,11H2,1H3,(H2,21,24). The molecule has 2 aromatic carbocycles. The van der Waals surface area contributed by atoms with Crippen LogP contribution in [0.15, 0.2) is 36.4 Å². The van der Waals surface area contributed by atoms with Crippen molar-refractivity contribution in [2.24, 2.45) is 5.73 Å². The molecule has 0 atom stereocenters. The van der Waals surface area contributed by atoms with Crippen LogP contribution < -0.4 is 15.4 Å². The number of carbonyl (C=O) groups excluding carboxylic acids is 2. The summed E-state index contributed by atoms with van der Waals surface area (Å²) >= 11 is 0. The van der Waals surface area contributed by atoms with E-state index in [-0.39, 0.29) is 12.5 Å². The van der Waals surface area contributed by atoms with Crippen molar-refractivity contribution < 1.29 is 18.7 Å². The number of carbonyl (C=O) groups is 2. The SMILES string of the molecule is Cc1ccc(F)c2c1CCCN2C(=O)COc1cccc(C(N)=O)c1. The van der Waals surface area contributed by atoms with Crippen LogP contribution >= 0.6 is 0 Å². The Kier molecular flexibility index (Phi) is 4.70. The first kappa shape index (κ1) is 17.0. The maximum Gasteiger partial charge on any atom is 0.265 e. The molecule has 0 aromatic heterocycles. The first-order valence-electron chi connectivity index (χ1n) is 8.08. The zero-order valence-corrected chi connectivity index (χ0v) is 13.9. The van der Waals surface area contributed by atoms with E-state index in [4.69, 9.17) is 10.5 Å². The molecule has 5 nitrogen and oxygen atoms in total. The van der Waals surface area contributed by atoms with Crippen LogP contribution in [0.1, 0.15) is 27.9 Å². The molecule has 1 aliphatic rings. The molecule has 130 valence electrons. The van der Waals surface area contributed by atoms with Crippen LogP contribution in [0.2, 0.25) is 0 Å². The number of ether oxygens (including phenoxy) is 1. The molecule has 2 N–H and O–H groups in total. The smallest absolute Gasteiger partial charge is 0.265 e. The fourth-order valence-corrected chi connectivity index (χ4v) is 3.05. The van der Waals surface area contributed by atoms with E-state index in [1.807, 2.05) is 6.92 Å². The van der Waals surface area contributed by atoms with Crippen molar-refractivity contribution in [3.63, 3.8) is 0 Å². The summed E-state index contributed by atoms with van der Waals surface area (Å²) in [6.45, 7) is 2.13. The normalized spacial score (nSPS) is 13.3. The summed E-state index contributed by atoms with van der Waals surface area (Å²) in [4.78, 5) is 25.2. The van der Waals surface area contributed by atoms with Crippen molar-refractivity contribution in [1.29, 1.82) is 0 Å². The lowest BCUT2D eigenvalue weighted by atomic mass is 9.96. The van der Waals surface area contributed by atoms with Gasteiger partial charge in [0.05, 0.1) is 5.69 Å². The lowest BCUT2D eigenvalue weighted by Gasteiger charge is -2.30. The summed E-state index contributed by atoms with van der Waals surface area (Å²) in [5, 5.41) is 0. The maximum atomic E-state index is 14.3. The highest BCUT2D eigenvalue weighted by atomic mass is 19.1. The van der Waals surface area contributed by atoms with Crippen LogP contribution in [0.25, 0.3) is 0 Å². The molecule has 25 heavy (non-hydrogen) atoms. The summed E-state index contributed by atoms with van der Waals surface area (Å²) in [6.07, 6.45) is 1.53. The van der Waals surface area contributed by atoms with E-state index in [1.165, 1.54) is 17.0 Å². The molecule has 0 saturated carbocycles. The highest BCUT2D eigenvalue weighted by Crippen LogP contribution is 2.32. The molecule has 0 bridgehead atoms. The second-order valence-corrected chi connectivity index (χ2v) is 6.02. The van der Waals surface area contributed by atoms with Crippen molar-refractivity contribution in [1.82, 2.24) is 0 Å². The quantitative estimate of drug-likeness (QED) is 0.928. The number of hydrogen-bond donors (Lipinski definition) is 1. The molecule has 6 heteroatoms. The minimum atomic E-state index is -0.570. The van der Waals surface area contributed by atoms with E-state index >= 15 is 0 Å². The fourth-order valence-electron chi connectivity index (χ4n) is 3.05. The molecular formula is C19H19FN2O3. The predicted octanol–water partition coefficient (Wildman–Crippen LogP) is 2.59. The van der Waals surface area contributed by atoms with Crippen LogP contribution in [0.5, 0.6) is 5.75 Å². The third-order valence-electron chi connectivity index (χ3n) is 4.33. The van der Waals surface area contributed by atoms with E-state index in [0.717, 1.165) is 24.0 Å². The van der Waals surface area contributed by atoms with Gasteiger partial charge in [-0.05, 0) is 55.2 Å². The molecule has 2 aromatic rings. The average molecular weight is 342 g/mol. The predicted molar refractivity (Wildman–Crippen MR) is 92.3 cm³/mol. The van der Waals surface area contributed by atoms with Gasteiger partial charge < -0.3 is 15.4 Å². The Hall–Kier alpha value is -2.89. The van der Waals surface area contributed by atoms with Gasteiger partial charge in [0, 0.05) is 12.1 Å². The summed E-state index contributed by atoms with van der Waals surface area (Å²) in [5.74, 6) is -0.926. The van der Waals surface area contributed by atoms with Gasteiger partial charge in [0.25, 0.3) is 5.91 Å². The van der Waals surface area contributed by atoms with Gasteiger partial charge in [-0.25, -0.2) is 4.39 Å². The molecule has 0 radical (unpaired) electrons. The Bertz CT molecular complexity index is 835. The van der Waals surface area contributed by atoms with Gasteiger partial charge >= 0.3 is 0 Å². The van der Waals surface area contributed by atoms with Gasteiger partial charge in [0.2, 0.25) is 5.91 Å². The molecule has 1 heterocycles. The number of hydrogen-bond acceptors (Lipinski definition) is 3. The van der Waals surface area contributed by atoms with Gasteiger partial charge in [-0.2, -0.15) is 0 Å². The van der Waals surface area contributed by atoms with Crippen molar-refractivity contribution in [2.45, 2.75) is 19.8 Å². The number of halogens is 1. The Morgan fingerprint density at radius 3 is 2.84 bits per heavy atom. The van der Waals surface area contributed by atoms with E-state index < -0.39 is 11.7 Å². The monoisotopic (exact) mass is 342 g/mol. The van der Waals surface area contributed by atoms with Crippen LogP contribution in [0.4, 0.5) is 10.1 Å². The molecule has 0 fully saturated rings. The molecular weight excluding hydrogens is 323 g/mol. The summed E-state index contributed by atoms with van der Waals surface area (Å²) in [7, 11) is 0. The van der Waals surface area contributed by atoms with Gasteiger partial charge in [0.15, 0.2) is 6.61 Å². The molecule has 3 rings (SSSR count). The van der Waals surface area contributed by atoms with Crippen molar-refractivity contribution >= 4 is 17.5 Å². The maximum absolute atomic E-state index is 14.3. The second kappa shape index (κ2) is 6.93. The second-order valence-electron chi connectivity index (χ2n) is 6.02. The Morgan fingerprint density at radius 1 is 1.28 bits per heavy atom. The minimum absolute atomic E-state index is 0.241. The zero-order chi connectivity index (χ0) is 18.0. The van der Waals surface area contributed by atoms with Gasteiger partial charge in [-0.15, -0.1) is 0 Å². The highest BCUT2D eigenvalue weighted by Gasteiger charge is 2.27. The largest absolute Gasteiger partial charge is 0.484 e. The Labute approximate surface area is 145 Å². The van der Waals surface area contributed by atoms with Gasteiger partial charge in [-0.1, -0.05) is 12.1 Å². The molecule has 0 spiro atoms. The van der Waals surface area contributed by atoms with Crippen LogP contribution in [-0.2, 0) is 11.2 Å². The Balaban J connectivity index is 1.76. The number of primary amides is 1. The first-order chi connectivity index (χ1) is 12.0. The number of aryl methyl sites for hydroxylation is 1. The lowest BCUT2D eigenvalue weighted by Crippen LogP contribution is -2.39. The van der Waals surface area contributed by atoms with Crippen molar-refractivity contribution in [3.8, 4) is 5.75 Å². The Morgan fingerprint density at radius 2 is 2.08 bits per heavy atom. The zero-order valence-electron chi connectivity index (χ0n) is 13.9. The topological polar surface area (TPSA) is 72.6 Å². The number of anilines is 1. The molecule has 1 aliphatic heterocycles. The van der Waals surface area contributed by atoms with Crippen molar-refractivity contribution in [3.05, 3.63) is 58.9 Å². The number of benzene rings is 2. The van der Waals surface area contributed by atoms with Crippen molar-refractivity contribution in [2.75, 3.05) is 18.1 Å². The van der Waals surface area contributed by atoms with Crippen LogP contribution in [0.3, 0.4) is 0 Å². The van der Waals surface area contributed by atoms with Crippen LogP contribution in [-0.4, -0.2) is 25.0 Å². The van der Waals surface area contributed by atoms with E-state index in [2.05, 4.69) is 0 Å². The third-order valence-corrected chi connectivity index (χ3v) is 4.33. The number of fused-ring (bicyclic) bond motifs is 1. The summed E-state index contributed by atoms with van der Waals surface area (Å²) < 4.78 is 19.8. The fraction of sp³-hybridized carbons (Fsp3) is 0.263. The lowest BCUT2D eigenvalue weighted by molar-refractivity contribution is -0.120. The van der Waals surface area contributed by atoms with E-state index in [1.54, 1.807) is 24.3 Å². The molecule has 0 unspecified atom stereocenters. The first-order valence-corrected chi connectivity index (χ1v) is 8.08. The minimum Gasteiger partial charge on any atom is -0.484 e. The third kappa shape index (κ3) is 3.47. The highest BCUT2D eigenvalue weighted by molar-refractivity contribution is 5.96. The number of nitrogens with two attached hydrogens (primary N) is 1. The summed E-state index contributed by atoms with van der Waals surface area (Å²) in [6, 6.07) is 9.42. The van der Waals surface area contributed by atoms with Gasteiger partial charge in [-0.3, -0.25) is 9.59 Å². The number of amides is 2. The molecule has 2 amide bonds. The summed E-state index contributed by atoms with van der Waals surface area (Å²) in [5.41, 5.74) is 7.73. The van der Waals surface area contributed by atoms with Gasteiger partial charge in [0.1, 0.15) is 11.6 Å². The molecule has 0 saturated heterocycles. The average Bonchev–Trinajstić information content (AvgIpc) is 2.62. The number of rotatable bonds is 4. The van der Waals surface area contributed by atoms with E-state index in [9.17, 15) is 14.0 Å².